The molecule has 0 atom stereocenters. The summed E-state index contributed by atoms with van der Waals surface area (Å²) in [5.74, 6) is 1.75. The van der Waals surface area contributed by atoms with Crippen LogP contribution in [0.4, 0.5) is 5.82 Å². The molecule has 0 bridgehead atoms. The van der Waals surface area contributed by atoms with E-state index in [2.05, 4.69) is 41.3 Å². The van der Waals surface area contributed by atoms with Crippen LogP contribution in [0.3, 0.4) is 0 Å². The van der Waals surface area contributed by atoms with E-state index >= 15 is 0 Å². The van der Waals surface area contributed by atoms with Crippen LogP contribution in [0.2, 0.25) is 0 Å². The number of aromatic nitrogens is 4. The quantitative estimate of drug-likeness (QED) is 0.680. The minimum Gasteiger partial charge on any atom is -0.455 e. The van der Waals surface area contributed by atoms with Gasteiger partial charge in [-0.3, -0.25) is 9.89 Å². The Morgan fingerprint density at radius 1 is 1.40 bits per heavy atom. The predicted molar refractivity (Wildman–Crippen MR) is 96.7 cm³/mol. The summed E-state index contributed by atoms with van der Waals surface area (Å²) in [6.45, 7) is 6.22. The number of carbonyl (C=O) groups excluding carboxylic acids is 1. The van der Waals surface area contributed by atoms with Crippen molar-refractivity contribution in [1.82, 2.24) is 19.7 Å². The van der Waals surface area contributed by atoms with Crippen molar-refractivity contribution in [1.29, 1.82) is 0 Å². The Morgan fingerprint density at radius 3 is 2.84 bits per heavy atom. The van der Waals surface area contributed by atoms with Crippen molar-refractivity contribution in [3.63, 3.8) is 0 Å². The number of furan rings is 1. The van der Waals surface area contributed by atoms with Crippen LogP contribution >= 0.6 is 11.8 Å². The fourth-order valence-electron chi connectivity index (χ4n) is 2.15. The molecule has 25 heavy (non-hydrogen) atoms. The molecule has 0 spiro atoms. The van der Waals surface area contributed by atoms with Crippen LogP contribution in [-0.2, 0) is 18.2 Å². The fraction of sp³-hybridized carbons (Fsp3) is 0.353. The van der Waals surface area contributed by atoms with Gasteiger partial charge in [0, 0.05) is 36.6 Å². The van der Waals surface area contributed by atoms with Gasteiger partial charge < -0.3 is 14.3 Å². The number of aromatic amines is 1. The van der Waals surface area contributed by atoms with Gasteiger partial charge in [-0.2, -0.15) is 5.10 Å². The van der Waals surface area contributed by atoms with Crippen molar-refractivity contribution >= 4 is 23.5 Å². The number of thioether (sulfide) groups is 1. The summed E-state index contributed by atoms with van der Waals surface area (Å²) in [4.78, 5) is 16.5. The number of amides is 1. The minimum absolute atomic E-state index is 0.0595. The second-order valence-corrected chi connectivity index (χ2v) is 7.69. The Hall–Kier alpha value is -2.48. The number of imidazole rings is 1. The van der Waals surface area contributed by atoms with Crippen LogP contribution in [0.25, 0.3) is 0 Å². The number of aryl methyl sites for hydroxylation is 1. The molecule has 3 aromatic heterocycles. The lowest BCUT2D eigenvalue weighted by molar-refractivity contribution is 0.0995. The molecule has 0 aliphatic carbocycles. The highest BCUT2D eigenvalue weighted by Gasteiger charge is 2.18. The molecule has 0 aliphatic heterocycles. The maximum atomic E-state index is 12.3. The van der Waals surface area contributed by atoms with E-state index in [9.17, 15) is 4.79 Å². The van der Waals surface area contributed by atoms with E-state index in [-0.39, 0.29) is 17.1 Å². The lowest BCUT2D eigenvalue weighted by atomic mass is 9.92. The second kappa shape index (κ2) is 6.79. The first-order valence-corrected chi connectivity index (χ1v) is 8.87. The van der Waals surface area contributed by atoms with Gasteiger partial charge in [-0.1, -0.05) is 32.5 Å². The highest BCUT2D eigenvalue weighted by Crippen LogP contribution is 2.24. The van der Waals surface area contributed by atoms with E-state index in [0.717, 1.165) is 16.6 Å². The molecule has 3 rings (SSSR count). The van der Waals surface area contributed by atoms with Gasteiger partial charge >= 0.3 is 0 Å². The molecule has 1 amide bonds. The Balaban J connectivity index is 1.60. The van der Waals surface area contributed by atoms with Gasteiger partial charge in [-0.25, -0.2) is 4.98 Å². The van der Waals surface area contributed by atoms with Crippen LogP contribution in [-0.4, -0.2) is 25.7 Å². The summed E-state index contributed by atoms with van der Waals surface area (Å²) >= 11 is 1.55. The van der Waals surface area contributed by atoms with Gasteiger partial charge in [0.25, 0.3) is 5.91 Å². The molecule has 132 valence electrons. The van der Waals surface area contributed by atoms with E-state index in [1.54, 1.807) is 30.1 Å². The first kappa shape index (κ1) is 17.3. The average Bonchev–Trinajstić information content (AvgIpc) is 3.25. The Labute approximate surface area is 150 Å². The number of anilines is 1. The molecule has 7 nitrogen and oxygen atoms in total. The molecule has 0 aromatic carbocycles. The highest BCUT2D eigenvalue weighted by atomic mass is 32.2. The summed E-state index contributed by atoms with van der Waals surface area (Å²) in [7, 11) is 1.94. The molecular formula is C17H21N5O2S. The third kappa shape index (κ3) is 4.14. The largest absolute Gasteiger partial charge is 0.455 e. The molecule has 0 aliphatic rings. The lowest BCUT2D eigenvalue weighted by Crippen LogP contribution is -2.12. The predicted octanol–water partition coefficient (Wildman–Crippen LogP) is 3.58. The molecular weight excluding hydrogens is 338 g/mol. The summed E-state index contributed by atoms with van der Waals surface area (Å²) < 4.78 is 7.56. The summed E-state index contributed by atoms with van der Waals surface area (Å²) in [5, 5.41) is 10.7. The van der Waals surface area contributed by atoms with Gasteiger partial charge in [0.1, 0.15) is 5.76 Å². The van der Waals surface area contributed by atoms with Crippen molar-refractivity contribution in [2.75, 3.05) is 5.32 Å². The van der Waals surface area contributed by atoms with E-state index in [1.165, 1.54) is 0 Å². The van der Waals surface area contributed by atoms with Crippen molar-refractivity contribution in [3.05, 3.63) is 47.8 Å². The number of carbonyl (C=O) groups is 1. The van der Waals surface area contributed by atoms with Gasteiger partial charge in [-0.15, -0.1) is 0 Å². The SMILES string of the molecule is Cn1ccnc1SCc1ccc(C(=O)Nc2cc(C(C)(C)C)[nH]n2)o1. The maximum Gasteiger partial charge on any atom is 0.292 e. The topological polar surface area (TPSA) is 88.7 Å². The normalized spacial score (nSPS) is 11.7. The van der Waals surface area contributed by atoms with Crippen LogP contribution in [0, 0.1) is 0 Å². The molecule has 0 unspecified atom stereocenters. The van der Waals surface area contributed by atoms with Crippen LogP contribution in [0.5, 0.6) is 0 Å². The van der Waals surface area contributed by atoms with Gasteiger partial charge in [0.2, 0.25) is 0 Å². The summed E-state index contributed by atoms with van der Waals surface area (Å²) in [6.07, 6.45) is 3.64. The van der Waals surface area contributed by atoms with Crippen LogP contribution in [0.1, 0.15) is 42.8 Å². The van der Waals surface area contributed by atoms with Crippen LogP contribution in [0.15, 0.2) is 40.2 Å². The Bertz CT molecular complexity index is 872. The molecule has 0 saturated carbocycles. The number of nitrogens with one attached hydrogen (secondary N) is 2. The smallest absolute Gasteiger partial charge is 0.292 e. The van der Waals surface area contributed by atoms with Gasteiger partial charge in [-0.05, 0) is 12.1 Å². The number of H-pyrrole nitrogens is 1. The summed E-state index contributed by atoms with van der Waals surface area (Å²) in [5.41, 5.74) is 0.894. The zero-order chi connectivity index (χ0) is 18.0. The minimum atomic E-state index is -0.319. The van der Waals surface area contributed by atoms with Crippen molar-refractivity contribution < 1.29 is 9.21 Å². The Morgan fingerprint density at radius 2 is 2.20 bits per heavy atom. The van der Waals surface area contributed by atoms with E-state index in [4.69, 9.17) is 4.42 Å². The van der Waals surface area contributed by atoms with Crippen LogP contribution < -0.4 is 5.32 Å². The zero-order valence-electron chi connectivity index (χ0n) is 14.7. The molecule has 8 heteroatoms. The maximum absolute atomic E-state index is 12.3. The van der Waals surface area contributed by atoms with Crippen molar-refractivity contribution in [3.8, 4) is 0 Å². The number of hydrogen-bond acceptors (Lipinski definition) is 5. The van der Waals surface area contributed by atoms with Crippen molar-refractivity contribution in [2.24, 2.45) is 7.05 Å². The second-order valence-electron chi connectivity index (χ2n) is 6.75. The lowest BCUT2D eigenvalue weighted by Gasteiger charge is -2.14. The summed E-state index contributed by atoms with van der Waals surface area (Å²) in [6, 6.07) is 5.30. The first-order valence-electron chi connectivity index (χ1n) is 7.89. The van der Waals surface area contributed by atoms with E-state index < -0.39 is 0 Å². The molecule has 0 saturated heterocycles. The van der Waals surface area contributed by atoms with E-state index in [0.29, 0.717) is 11.6 Å². The zero-order valence-corrected chi connectivity index (χ0v) is 15.5. The van der Waals surface area contributed by atoms with Crippen molar-refractivity contribution in [2.45, 2.75) is 37.1 Å². The third-order valence-corrected chi connectivity index (χ3v) is 4.71. The average molecular weight is 359 g/mol. The monoisotopic (exact) mass is 359 g/mol. The van der Waals surface area contributed by atoms with E-state index in [1.807, 2.05) is 23.9 Å². The molecule has 3 aromatic rings. The fourth-order valence-corrected chi connectivity index (χ4v) is 2.98. The third-order valence-electron chi connectivity index (χ3n) is 3.63. The molecule has 3 heterocycles. The number of rotatable bonds is 5. The van der Waals surface area contributed by atoms with Gasteiger partial charge in [0.05, 0.1) is 5.75 Å². The highest BCUT2D eigenvalue weighted by molar-refractivity contribution is 7.98. The first-order chi connectivity index (χ1) is 11.8. The molecule has 0 fully saturated rings. The standard InChI is InChI=1S/C17H21N5O2S/c1-17(2,3)13-9-14(21-20-13)19-15(23)12-6-5-11(24-12)10-25-16-18-7-8-22(16)4/h5-9H,10H2,1-4H3,(H2,19,20,21,23). The number of hydrogen-bond donors (Lipinski definition) is 2. The number of nitrogens with zero attached hydrogens (tertiary/aromatic N) is 3. The molecule has 0 radical (unpaired) electrons. The van der Waals surface area contributed by atoms with Gasteiger partial charge in [0.15, 0.2) is 16.7 Å². The molecule has 2 N–H and O–H groups in total. The Kier molecular flexibility index (Phi) is 4.71.